The summed E-state index contributed by atoms with van der Waals surface area (Å²) in [4.78, 5) is 13.3. The Hall–Kier alpha value is -0.610. The van der Waals surface area contributed by atoms with Gasteiger partial charge in [-0.3, -0.25) is 4.79 Å². The first kappa shape index (κ1) is 10.9. The lowest BCUT2D eigenvalue weighted by atomic mass is 10.1. The standard InChI is InChI=1S/C11H13NOS2/c1-8-2-4-9(5-3-8)6-12-10(13)7-15-11(12)14/h2-5,11,14H,6-7H2,1H3. The number of carbonyl (C=O) groups is 1. The van der Waals surface area contributed by atoms with Gasteiger partial charge in [0.15, 0.2) is 0 Å². The second kappa shape index (κ2) is 4.49. The summed E-state index contributed by atoms with van der Waals surface area (Å²) in [5, 5.41) is 0. The van der Waals surface area contributed by atoms with Crippen molar-refractivity contribution in [1.29, 1.82) is 0 Å². The van der Waals surface area contributed by atoms with E-state index in [0.717, 1.165) is 5.56 Å². The Balaban J connectivity index is 2.08. The molecule has 15 heavy (non-hydrogen) atoms. The Morgan fingerprint density at radius 1 is 1.47 bits per heavy atom. The van der Waals surface area contributed by atoms with Crippen molar-refractivity contribution in [2.75, 3.05) is 5.75 Å². The molecule has 1 aliphatic rings. The zero-order chi connectivity index (χ0) is 10.8. The molecule has 0 aromatic heterocycles. The van der Waals surface area contributed by atoms with Crippen LogP contribution in [0.4, 0.5) is 0 Å². The zero-order valence-electron chi connectivity index (χ0n) is 8.51. The van der Waals surface area contributed by atoms with Gasteiger partial charge in [-0.2, -0.15) is 0 Å². The fourth-order valence-electron chi connectivity index (χ4n) is 1.50. The maximum Gasteiger partial charge on any atom is 0.234 e. The number of rotatable bonds is 2. The Morgan fingerprint density at radius 2 is 2.13 bits per heavy atom. The van der Waals surface area contributed by atoms with Crippen LogP contribution >= 0.6 is 24.4 Å². The van der Waals surface area contributed by atoms with Gasteiger partial charge in [0.2, 0.25) is 5.91 Å². The molecule has 0 spiro atoms. The van der Waals surface area contributed by atoms with Gasteiger partial charge >= 0.3 is 0 Å². The monoisotopic (exact) mass is 239 g/mol. The van der Waals surface area contributed by atoms with Crippen molar-refractivity contribution in [2.45, 2.75) is 18.2 Å². The Kier molecular flexibility index (Phi) is 3.26. The van der Waals surface area contributed by atoms with Crippen LogP contribution < -0.4 is 0 Å². The lowest BCUT2D eigenvalue weighted by Crippen LogP contribution is -2.29. The molecular formula is C11H13NOS2. The molecule has 0 bridgehead atoms. The molecular weight excluding hydrogens is 226 g/mol. The van der Waals surface area contributed by atoms with Crippen LogP contribution in [-0.2, 0) is 11.3 Å². The summed E-state index contributed by atoms with van der Waals surface area (Å²) in [6.07, 6.45) is 0. The van der Waals surface area contributed by atoms with Crippen molar-refractivity contribution >= 4 is 30.3 Å². The second-order valence-corrected chi connectivity index (χ2v) is 5.55. The molecule has 80 valence electrons. The van der Waals surface area contributed by atoms with Crippen LogP contribution in [0.5, 0.6) is 0 Å². The lowest BCUT2D eigenvalue weighted by Gasteiger charge is -2.19. The van der Waals surface area contributed by atoms with Crippen molar-refractivity contribution in [3.8, 4) is 0 Å². The van der Waals surface area contributed by atoms with E-state index in [1.165, 1.54) is 5.56 Å². The zero-order valence-corrected chi connectivity index (χ0v) is 10.2. The smallest absolute Gasteiger partial charge is 0.234 e. The summed E-state index contributed by atoms with van der Waals surface area (Å²) in [7, 11) is 0. The molecule has 1 atom stereocenters. The summed E-state index contributed by atoms with van der Waals surface area (Å²) in [5.41, 5.74) is 2.40. The highest BCUT2D eigenvalue weighted by atomic mass is 32.2. The van der Waals surface area contributed by atoms with Crippen LogP contribution in [0.25, 0.3) is 0 Å². The molecule has 0 saturated carbocycles. The van der Waals surface area contributed by atoms with Gasteiger partial charge in [-0.25, -0.2) is 0 Å². The third-order valence-electron chi connectivity index (χ3n) is 2.42. The Morgan fingerprint density at radius 3 is 2.67 bits per heavy atom. The molecule has 1 saturated heterocycles. The molecule has 1 unspecified atom stereocenters. The maximum atomic E-state index is 11.5. The van der Waals surface area contributed by atoms with E-state index in [1.54, 1.807) is 16.7 Å². The number of amides is 1. The van der Waals surface area contributed by atoms with Crippen molar-refractivity contribution in [1.82, 2.24) is 4.90 Å². The predicted octanol–water partition coefficient (Wildman–Crippen LogP) is 2.28. The molecule has 0 radical (unpaired) electrons. The number of nitrogens with zero attached hydrogens (tertiary/aromatic N) is 1. The highest BCUT2D eigenvalue weighted by Gasteiger charge is 2.28. The normalized spacial score (nSPS) is 21.1. The third kappa shape index (κ3) is 2.49. The Labute approximate surface area is 99.4 Å². The van der Waals surface area contributed by atoms with Gasteiger partial charge in [0.05, 0.1) is 5.75 Å². The number of carbonyl (C=O) groups excluding carboxylic acids is 1. The highest BCUT2D eigenvalue weighted by Crippen LogP contribution is 2.28. The molecule has 1 aliphatic heterocycles. The molecule has 1 heterocycles. The summed E-state index contributed by atoms with van der Waals surface area (Å²) in [5.74, 6) is 0.737. The van der Waals surface area contributed by atoms with Gasteiger partial charge in [-0.1, -0.05) is 29.8 Å². The van der Waals surface area contributed by atoms with Crippen molar-refractivity contribution < 1.29 is 4.79 Å². The van der Waals surface area contributed by atoms with Gasteiger partial charge in [0, 0.05) is 6.54 Å². The SMILES string of the molecule is Cc1ccc(CN2C(=O)CSC2S)cc1. The molecule has 2 nitrogen and oxygen atoms in total. The first-order valence-corrected chi connectivity index (χ1v) is 6.38. The van der Waals surface area contributed by atoms with E-state index in [1.807, 2.05) is 0 Å². The summed E-state index contributed by atoms with van der Waals surface area (Å²) >= 11 is 5.94. The van der Waals surface area contributed by atoms with Crippen LogP contribution in [0.3, 0.4) is 0 Å². The van der Waals surface area contributed by atoms with Gasteiger partial charge in [0.1, 0.15) is 4.71 Å². The minimum atomic E-state index is 0.0128. The van der Waals surface area contributed by atoms with E-state index in [-0.39, 0.29) is 10.6 Å². The van der Waals surface area contributed by atoms with Crippen molar-refractivity contribution in [3.05, 3.63) is 35.4 Å². The number of hydrogen-bond donors (Lipinski definition) is 1. The summed E-state index contributed by atoms with van der Waals surface area (Å²) in [6, 6.07) is 8.26. The molecule has 0 aliphatic carbocycles. The number of thioether (sulfide) groups is 1. The van der Waals surface area contributed by atoms with Crippen LogP contribution in [0, 0.1) is 6.92 Å². The molecule has 0 N–H and O–H groups in total. The van der Waals surface area contributed by atoms with Gasteiger partial charge in [-0.15, -0.1) is 24.4 Å². The number of benzene rings is 1. The minimum Gasteiger partial charge on any atom is -0.317 e. The van der Waals surface area contributed by atoms with E-state index in [9.17, 15) is 4.79 Å². The van der Waals surface area contributed by atoms with Crippen LogP contribution in [-0.4, -0.2) is 21.3 Å². The topological polar surface area (TPSA) is 20.3 Å². The minimum absolute atomic E-state index is 0.0128. The van der Waals surface area contributed by atoms with Crippen LogP contribution in [0.15, 0.2) is 24.3 Å². The first-order valence-electron chi connectivity index (χ1n) is 4.81. The number of thiol groups is 1. The average molecular weight is 239 g/mol. The van der Waals surface area contributed by atoms with E-state index in [4.69, 9.17) is 0 Å². The average Bonchev–Trinajstić information content (AvgIpc) is 2.53. The molecule has 1 amide bonds. The van der Waals surface area contributed by atoms with Crippen molar-refractivity contribution in [3.63, 3.8) is 0 Å². The van der Waals surface area contributed by atoms with Crippen LogP contribution in [0.1, 0.15) is 11.1 Å². The first-order chi connectivity index (χ1) is 7.16. The maximum absolute atomic E-state index is 11.5. The van der Waals surface area contributed by atoms with Crippen LogP contribution in [0.2, 0.25) is 0 Å². The van der Waals surface area contributed by atoms with E-state index in [0.29, 0.717) is 12.3 Å². The molecule has 1 aromatic rings. The number of hydrogen-bond acceptors (Lipinski definition) is 3. The molecule has 2 rings (SSSR count). The molecule has 1 aromatic carbocycles. The van der Waals surface area contributed by atoms with Gasteiger partial charge in [-0.05, 0) is 12.5 Å². The van der Waals surface area contributed by atoms with Gasteiger partial charge in [0.25, 0.3) is 0 Å². The van der Waals surface area contributed by atoms with Gasteiger partial charge < -0.3 is 4.90 Å². The van der Waals surface area contributed by atoms with E-state index in [2.05, 4.69) is 43.8 Å². The highest BCUT2D eigenvalue weighted by molar-refractivity contribution is 8.11. The number of aryl methyl sites for hydroxylation is 1. The largest absolute Gasteiger partial charge is 0.317 e. The quantitative estimate of drug-likeness (QED) is 0.799. The summed E-state index contributed by atoms with van der Waals surface area (Å²) < 4.78 is 0.0128. The molecule has 1 fully saturated rings. The summed E-state index contributed by atoms with van der Waals surface area (Å²) in [6.45, 7) is 2.72. The fourth-order valence-corrected chi connectivity index (χ4v) is 2.76. The lowest BCUT2D eigenvalue weighted by molar-refractivity contribution is -0.127. The van der Waals surface area contributed by atoms with E-state index >= 15 is 0 Å². The predicted molar refractivity (Wildman–Crippen MR) is 67.0 cm³/mol. The third-order valence-corrected chi connectivity index (χ3v) is 4.11. The second-order valence-electron chi connectivity index (χ2n) is 3.64. The molecule has 4 heteroatoms. The van der Waals surface area contributed by atoms with Crippen molar-refractivity contribution in [2.24, 2.45) is 0 Å². The van der Waals surface area contributed by atoms with E-state index < -0.39 is 0 Å². The fraction of sp³-hybridized carbons (Fsp3) is 0.364. The Bertz CT molecular complexity index is 363.